The summed E-state index contributed by atoms with van der Waals surface area (Å²) >= 11 is 1.34. The molecule has 27 heavy (non-hydrogen) atoms. The lowest BCUT2D eigenvalue weighted by atomic mass is 10.2. The number of amides is 1. The highest BCUT2D eigenvalue weighted by atomic mass is 32.2. The number of hydrogen-bond donors (Lipinski definition) is 1. The molecule has 0 aromatic heterocycles. The number of hydrogen-bond acceptors (Lipinski definition) is 5. The van der Waals surface area contributed by atoms with E-state index in [2.05, 4.69) is 5.32 Å². The Labute approximate surface area is 163 Å². The van der Waals surface area contributed by atoms with Gasteiger partial charge >= 0.3 is 0 Å². The van der Waals surface area contributed by atoms with Crippen LogP contribution in [0.15, 0.2) is 51.1 Å². The Morgan fingerprint density at radius 2 is 1.85 bits per heavy atom. The van der Waals surface area contributed by atoms with Crippen molar-refractivity contribution in [1.82, 2.24) is 9.62 Å². The summed E-state index contributed by atoms with van der Waals surface area (Å²) in [5, 5.41) is 11.8. The SMILES string of the molecule is Cc1cc(C)cc(Sc2ccc(C#N)cc2S(=O)(=O)N2CCNC(=O)C2)c1. The Kier molecular flexibility index (Phi) is 5.56. The molecule has 0 radical (unpaired) electrons. The summed E-state index contributed by atoms with van der Waals surface area (Å²) < 4.78 is 27.5. The number of sulfonamides is 1. The first-order valence-electron chi connectivity index (χ1n) is 8.37. The normalized spacial score (nSPS) is 15.2. The highest BCUT2D eigenvalue weighted by molar-refractivity contribution is 8.00. The van der Waals surface area contributed by atoms with Gasteiger partial charge in [-0.1, -0.05) is 17.8 Å². The molecule has 0 spiro atoms. The second-order valence-corrected chi connectivity index (χ2v) is 9.41. The minimum atomic E-state index is -3.90. The van der Waals surface area contributed by atoms with Gasteiger partial charge in [-0.15, -0.1) is 0 Å². The third kappa shape index (κ3) is 4.33. The van der Waals surface area contributed by atoms with E-state index in [0.29, 0.717) is 4.90 Å². The third-order valence-corrected chi connectivity index (χ3v) is 7.18. The van der Waals surface area contributed by atoms with Crippen molar-refractivity contribution in [1.29, 1.82) is 5.26 Å². The van der Waals surface area contributed by atoms with Crippen LogP contribution in [0.5, 0.6) is 0 Å². The maximum absolute atomic E-state index is 13.2. The van der Waals surface area contributed by atoms with Gasteiger partial charge in [0.2, 0.25) is 15.9 Å². The molecule has 0 bridgehead atoms. The highest BCUT2D eigenvalue weighted by Gasteiger charge is 2.31. The number of nitrogens with zero attached hydrogens (tertiary/aromatic N) is 2. The fourth-order valence-corrected chi connectivity index (χ4v) is 5.92. The summed E-state index contributed by atoms with van der Waals surface area (Å²) in [6.07, 6.45) is 0. The molecule has 1 aliphatic heterocycles. The van der Waals surface area contributed by atoms with E-state index < -0.39 is 10.0 Å². The third-order valence-electron chi connectivity index (χ3n) is 4.12. The molecule has 1 aliphatic rings. The van der Waals surface area contributed by atoms with E-state index in [1.807, 2.05) is 38.1 Å². The van der Waals surface area contributed by atoms with Crippen LogP contribution in [-0.2, 0) is 14.8 Å². The summed E-state index contributed by atoms with van der Waals surface area (Å²) in [5.74, 6) is -0.329. The van der Waals surface area contributed by atoms with Crippen LogP contribution in [0, 0.1) is 25.2 Å². The summed E-state index contributed by atoms with van der Waals surface area (Å²) in [6, 6.07) is 12.6. The lowest BCUT2D eigenvalue weighted by Gasteiger charge is -2.26. The maximum atomic E-state index is 13.2. The molecule has 2 aromatic carbocycles. The zero-order valence-electron chi connectivity index (χ0n) is 15.0. The van der Waals surface area contributed by atoms with Crippen molar-refractivity contribution in [2.75, 3.05) is 19.6 Å². The molecule has 0 saturated carbocycles. The Bertz CT molecular complexity index is 1020. The highest BCUT2D eigenvalue weighted by Crippen LogP contribution is 2.35. The molecule has 1 heterocycles. The van der Waals surface area contributed by atoms with Crippen LogP contribution in [0.1, 0.15) is 16.7 Å². The predicted molar refractivity (Wildman–Crippen MR) is 103 cm³/mol. The summed E-state index contributed by atoms with van der Waals surface area (Å²) in [6.45, 7) is 4.24. The Hall–Kier alpha value is -2.34. The number of nitriles is 1. The number of nitrogens with one attached hydrogen (secondary N) is 1. The van der Waals surface area contributed by atoms with Crippen LogP contribution in [0.2, 0.25) is 0 Å². The Morgan fingerprint density at radius 1 is 1.15 bits per heavy atom. The lowest BCUT2D eigenvalue weighted by Crippen LogP contribution is -2.49. The lowest BCUT2D eigenvalue weighted by molar-refractivity contribution is -0.122. The van der Waals surface area contributed by atoms with Gasteiger partial charge in [-0.25, -0.2) is 8.42 Å². The van der Waals surface area contributed by atoms with E-state index in [4.69, 9.17) is 0 Å². The molecule has 1 saturated heterocycles. The first-order chi connectivity index (χ1) is 12.8. The zero-order chi connectivity index (χ0) is 19.6. The molecule has 1 amide bonds. The number of carbonyl (C=O) groups excluding carboxylic acids is 1. The molecular weight excluding hydrogens is 382 g/mol. The molecule has 1 N–H and O–H groups in total. The molecule has 6 nitrogen and oxygen atoms in total. The van der Waals surface area contributed by atoms with Crippen LogP contribution in [-0.4, -0.2) is 38.3 Å². The number of aryl methyl sites for hydroxylation is 2. The van der Waals surface area contributed by atoms with Crippen LogP contribution < -0.4 is 5.32 Å². The van der Waals surface area contributed by atoms with E-state index >= 15 is 0 Å². The first kappa shape index (κ1) is 19.4. The van der Waals surface area contributed by atoms with Gasteiger partial charge in [0, 0.05) is 22.9 Å². The van der Waals surface area contributed by atoms with Crippen molar-refractivity contribution in [2.45, 2.75) is 28.5 Å². The van der Waals surface area contributed by atoms with Gasteiger partial charge in [0.05, 0.1) is 23.1 Å². The second kappa shape index (κ2) is 7.72. The van der Waals surface area contributed by atoms with Crippen LogP contribution >= 0.6 is 11.8 Å². The van der Waals surface area contributed by atoms with Gasteiger partial charge in [-0.2, -0.15) is 9.57 Å². The quantitative estimate of drug-likeness (QED) is 0.850. The van der Waals surface area contributed by atoms with Gasteiger partial charge in [0.15, 0.2) is 0 Å². The van der Waals surface area contributed by atoms with E-state index in [1.165, 1.54) is 17.8 Å². The number of benzene rings is 2. The molecular formula is C19H19N3O3S2. The van der Waals surface area contributed by atoms with Crippen molar-refractivity contribution < 1.29 is 13.2 Å². The molecule has 2 aromatic rings. The summed E-state index contributed by atoms with van der Waals surface area (Å²) in [7, 11) is -3.90. The number of rotatable bonds is 4. The number of piperazine rings is 1. The molecule has 1 fully saturated rings. The Balaban J connectivity index is 2.05. The summed E-state index contributed by atoms with van der Waals surface area (Å²) in [5.41, 5.74) is 2.44. The van der Waals surface area contributed by atoms with Gasteiger partial charge < -0.3 is 5.32 Å². The largest absolute Gasteiger partial charge is 0.354 e. The zero-order valence-corrected chi connectivity index (χ0v) is 16.7. The Morgan fingerprint density at radius 3 is 2.48 bits per heavy atom. The van der Waals surface area contributed by atoms with Crippen molar-refractivity contribution >= 4 is 27.7 Å². The van der Waals surface area contributed by atoms with Crippen LogP contribution in [0.4, 0.5) is 0 Å². The van der Waals surface area contributed by atoms with Crippen molar-refractivity contribution in [2.24, 2.45) is 0 Å². The summed E-state index contributed by atoms with van der Waals surface area (Å²) in [4.78, 5) is 13.2. The molecule has 0 aliphatic carbocycles. The average Bonchev–Trinajstić information content (AvgIpc) is 2.61. The predicted octanol–water partition coefficient (Wildman–Crippen LogP) is 2.45. The fourth-order valence-electron chi connectivity index (χ4n) is 2.94. The van der Waals surface area contributed by atoms with Crippen LogP contribution in [0.3, 0.4) is 0 Å². The van der Waals surface area contributed by atoms with Gasteiger partial charge in [-0.05, 0) is 55.3 Å². The van der Waals surface area contributed by atoms with E-state index in [-0.39, 0.29) is 36.0 Å². The van der Waals surface area contributed by atoms with Crippen LogP contribution in [0.25, 0.3) is 0 Å². The molecule has 0 atom stereocenters. The standard InChI is InChI=1S/C19H19N3O3S2/c1-13-7-14(2)9-16(8-13)26-17-4-3-15(11-20)10-18(17)27(24,25)22-6-5-21-19(23)12-22/h3-4,7-10H,5-6,12H2,1-2H3,(H,21,23). The smallest absolute Gasteiger partial charge is 0.244 e. The molecule has 3 rings (SSSR count). The van der Waals surface area contributed by atoms with Crippen molar-refractivity contribution in [3.8, 4) is 6.07 Å². The topological polar surface area (TPSA) is 90.3 Å². The number of carbonyl (C=O) groups is 1. The monoisotopic (exact) mass is 401 g/mol. The maximum Gasteiger partial charge on any atom is 0.244 e. The van der Waals surface area contributed by atoms with E-state index in [0.717, 1.165) is 20.3 Å². The average molecular weight is 402 g/mol. The minimum absolute atomic E-state index is 0.0559. The fraction of sp³-hybridized carbons (Fsp3) is 0.263. The molecule has 8 heteroatoms. The van der Waals surface area contributed by atoms with Gasteiger partial charge in [0.25, 0.3) is 0 Å². The minimum Gasteiger partial charge on any atom is -0.354 e. The second-order valence-electron chi connectivity index (χ2n) is 6.39. The van der Waals surface area contributed by atoms with E-state index in [1.54, 1.807) is 12.1 Å². The first-order valence-corrected chi connectivity index (χ1v) is 10.6. The molecule has 140 valence electrons. The molecule has 0 unspecified atom stereocenters. The van der Waals surface area contributed by atoms with E-state index in [9.17, 15) is 18.5 Å². The van der Waals surface area contributed by atoms with Gasteiger partial charge in [0.1, 0.15) is 0 Å². The van der Waals surface area contributed by atoms with Crippen molar-refractivity contribution in [3.63, 3.8) is 0 Å². The van der Waals surface area contributed by atoms with Gasteiger partial charge in [-0.3, -0.25) is 4.79 Å². The van der Waals surface area contributed by atoms with Crippen molar-refractivity contribution in [3.05, 3.63) is 53.1 Å².